The van der Waals surface area contributed by atoms with Gasteiger partial charge in [-0.25, -0.2) is 4.39 Å². The van der Waals surface area contributed by atoms with Crippen molar-refractivity contribution in [1.29, 1.82) is 0 Å². The standard InChI is InChI=1S/C24H35F/c1-2-19-3-5-20(6-4-19)7-8-21-9-11-22(12-10-21)13-14-23-15-17-24(25)18-16-23/h7-8,15-22H,2-6,9-14H2,1H3/b8-7+/t19-,20-,21-,22-. The third-order valence-electron chi connectivity index (χ3n) is 6.77. The molecule has 0 radical (unpaired) electrons. The first-order chi connectivity index (χ1) is 12.2. The molecule has 2 saturated carbocycles. The molecule has 0 heterocycles. The Labute approximate surface area is 153 Å². The molecule has 2 fully saturated rings. The van der Waals surface area contributed by atoms with Gasteiger partial charge in [-0.15, -0.1) is 0 Å². The van der Waals surface area contributed by atoms with Gasteiger partial charge in [-0.2, -0.15) is 0 Å². The molecule has 0 atom stereocenters. The second-order valence-corrected chi connectivity index (χ2v) is 8.52. The van der Waals surface area contributed by atoms with Crippen molar-refractivity contribution in [2.75, 3.05) is 0 Å². The SMILES string of the molecule is CC[C@H]1CC[C@H](/C=C/[C@H]2CC[C@H](CCc3ccc(F)cc3)CC2)CC1. The highest BCUT2D eigenvalue weighted by Crippen LogP contribution is 2.35. The summed E-state index contributed by atoms with van der Waals surface area (Å²) in [6, 6.07) is 7.06. The summed E-state index contributed by atoms with van der Waals surface area (Å²) in [4.78, 5) is 0. The third kappa shape index (κ3) is 5.97. The van der Waals surface area contributed by atoms with E-state index in [-0.39, 0.29) is 5.82 Å². The average Bonchev–Trinajstić information content (AvgIpc) is 2.67. The van der Waals surface area contributed by atoms with Gasteiger partial charge in [-0.1, -0.05) is 37.6 Å². The topological polar surface area (TPSA) is 0 Å². The lowest BCUT2D eigenvalue weighted by molar-refractivity contribution is 0.289. The molecule has 0 aliphatic heterocycles. The van der Waals surface area contributed by atoms with Crippen LogP contribution in [0.5, 0.6) is 0 Å². The monoisotopic (exact) mass is 342 g/mol. The Balaban J connectivity index is 1.34. The summed E-state index contributed by atoms with van der Waals surface area (Å²) in [5.74, 6) is 3.43. The average molecular weight is 343 g/mol. The van der Waals surface area contributed by atoms with Crippen LogP contribution >= 0.6 is 0 Å². The van der Waals surface area contributed by atoms with Crippen LogP contribution in [0.2, 0.25) is 0 Å². The minimum absolute atomic E-state index is 0.126. The van der Waals surface area contributed by atoms with E-state index in [1.165, 1.54) is 69.8 Å². The lowest BCUT2D eigenvalue weighted by Crippen LogP contribution is -2.15. The van der Waals surface area contributed by atoms with Gasteiger partial charge in [0.2, 0.25) is 0 Å². The van der Waals surface area contributed by atoms with Crippen molar-refractivity contribution < 1.29 is 4.39 Å². The van der Waals surface area contributed by atoms with Crippen LogP contribution in [0.3, 0.4) is 0 Å². The van der Waals surface area contributed by atoms with Gasteiger partial charge < -0.3 is 0 Å². The maximum Gasteiger partial charge on any atom is 0.123 e. The van der Waals surface area contributed by atoms with Gasteiger partial charge in [0.1, 0.15) is 5.82 Å². The molecule has 1 aromatic carbocycles. The summed E-state index contributed by atoms with van der Waals surface area (Å²) in [7, 11) is 0. The molecule has 0 N–H and O–H groups in total. The molecular weight excluding hydrogens is 307 g/mol. The number of benzene rings is 1. The van der Waals surface area contributed by atoms with E-state index in [0.717, 1.165) is 30.1 Å². The molecule has 2 aliphatic rings. The van der Waals surface area contributed by atoms with Gasteiger partial charge in [0.25, 0.3) is 0 Å². The molecule has 1 aromatic rings. The van der Waals surface area contributed by atoms with Gasteiger partial charge in [-0.3, -0.25) is 0 Å². The summed E-state index contributed by atoms with van der Waals surface area (Å²) in [5, 5.41) is 0. The molecule has 0 amide bonds. The van der Waals surface area contributed by atoms with Crippen molar-refractivity contribution in [3.8, 4) is 0 Å². The van der Waals surface area contributed by atoms with Crippen LogP contribution in [0.4, 0.5) is 4.39 Å². The van der Waals surface area contributed by atoms with E-state index in [1.807, 2.05) is 12.1 Å². The number of rotatable bonds is 6. The number of hydrogen-bond acceptors (Lipinski definition) is 0. The smallest absolute Gasteiger partial charge is 0.123 e. The van der Waals surface area contributed by atoms with Gasteiger partial charge >= 0.3 is 0 Å². The van der Waals surface area contributed by atoms with Crippen molar-refractivity contribution >= 4 is 0 Å². The summed E-state index contributed by atoms with van der Waals surface area (Å²) in [6.45, 7) is 2.34. The molecule has 138 valence electrons. The lowest BCUT2D eigenvalue weighted by Gasteiger charge is -2.28. The molecule has 0 bridgehead atoms. The maximum absolute atomic E-state index is 13.0. The molecule has 25 heavy (non-hydrogen) atoms. The molecule has 1 heteroatoms. The Hall–Kier alpha value is -1.11. The first kappa shape index (κ1) is 18.7. The predicted molar refractivity (Wildman–Crippen MR) is 105 cm³/mol. The van der Waals surface area contributed by atoms with Gasteiger partial charge in [0, 0.05) is 0 Å². The molecule has 0 nitrogen and oxygen atoms in total. The van der Waals surface area contributed by atoms with Crippen LogP contribution in [-0.2, 0) is 6.42 Å². The van der Waals surface area contributed by atoms with E-state index in [1.54, 1.807) is 12.1 Å². The zero-order valence-corrected chi connectivity index (χ0v) is 15.9. The normalized spacial score (nSPS) is 30.6. The second-order valence-electron chi connectivity index (χ2n) is 8.52. The molecule has 0 saturated heterocycles. The Bertz CT molecular complexity index is 514. The summed E-state index contributed by atoms with van der Waals surface area (Å²) >= 11 is 0. The molecule has 2 aliphatic carbocycles. The van der Waals surface area contributed by atoms with Crippen LogP contribution in [0, 0.1) is 29.5 Å². The number of halogens is 1. The van der Waals surface area contributed by atoms with Crippen molar-refractivity contribution in [1.82, 2.24) is 0 Å². The molecule has 0 spiro atoms. The van der Waals surface area contributed by atoms with E-state index in [4.69, 9.17) is 0 Å². The van der Waals surface area contributed by atoms with E-state index < -0.39 is 0 Å². The van der Waals surface area contributed by atoms with Crippen molar-refractivity contribution in [3.05, 3.63) is 47.8 Å². The first-order valence-corrected chi connectivity index (χ1v) is 10.7. The summed E-state index contributed by atoms with van der Waals surface area (Å²) in [6.07, 6.45) is 20.1. The fourth-order valence-electron chi connectivity index (χ4n) is 4.79. The zero-order chi connectivity index (χ0) is 17.5. The van der Waals surface area contributed by atoms with Gasteiger partial charge in [-0.05, 0) is 106 Å². The number of hydrogen-bond donors (Lipinski definition) is 0. The van der Waals surface area contributed by atoms with Gasteiger partial charge in [0.15, 0.2) is 0 Å². The highest BCUT2D eigenvalue weighted by Gasteiger charge is 2.21. The Morgan fingerprint density at radius 3 is 1.84 bits per heavy atom. The van der Waals surface area contributed by atoms with E-state index >= 15 is 0 Å². The molecule has 0 unspecified atom stereocenters. The second kappa shape index (κ2) is 9.55. The fraction of sp³-hybridized carbons (Fsp3) is 0.667. The van der Waals surface area contributed by atoms with Crippen molar-refractivity contribution in [3.63, 3.8) is 0 Å². The molecule has 0 aromatic heterocycles. The lowest BCUT2D eigenvalue weighted by atomic mass is 9.77. The Kier molecular flexibility index (Phi) is 7.13. The minimum atomic E-state index is -0.126. The molecular formula is C24H35F. The van der Waals surface area contributed by atoms with Crippen molar-refractivity contribution in [2.45, 2.75) is 77.6 Å². The Morgan fingerprint density at radius 2 is 1.32 bits per heavy atom. The maximum atomic E-state index is 13.0. The van der Waals surface area contributed by atoms with E-state index in [0.29, 0.717) is 0 Å². The largest absolute Gasteiger partial charge is 0.207 e. The summed E-state index contributed by atoms with van der Waals surface area (Å²) in [5.41, 5.74) is 1.28. The van der Waals surface area contributed by atoms with Crippen molar-refractivity contribution in [2.24, 2.45) is 23.7 Å². The number of allylic oxidation sites excluding steroid dienone is 2. The Morgan fingerprint density at radius 1 is 0.800 bits per heavy atom. The van der Waals surface area contributed by atoms with E-state index in [9.17, 15) is 4.39 Å². The molecule has 3 rings (SSSR count). The number of aryl methyl sites for hydroxylation is 1. The van der Waals surface area contributed by atoms with Crippen LogP contribution in [0.15, 0.2) is 36.4 Å². The highest BCUT2D eigenvalue weighted by molar-refractivity contribution is 5.16. The highest BCUT2D eigenvalue weighted by atomic mass is 19.1. The van der Waals surface area contributed by atoms with Gasteiger partial charge in [0.05, 0.1) is 0 Å². The van der Waals surface area contributed by atoms with Crippen LogP contribution in [-0.4, -0.2) is 0 Å². The van der Waals surface area contributed by atoms with Crippen LogP contribution in [0.1, 0.15) is 76.7 Å². The minimum Gasteiger partial charge on any atom is -0.207 e. The van der Waals surface area contributed by atoms with Crippen LogP contribution in [0.25, 0.3) is 0 Å². The summed E-state index contributed by atoms with van der Waals surface area (Å²) < 4.78 is 13.0. The predicted octanol–water partition coefficient (Wildman–Crippen LogP) is 7.34. The third-order valence-corrected chi connectivity index (χ3v) is 6.77. The first-order valence-electron chi connectivity index (χ1n) is 10.7. The zero-order valence-electron chi connectivity index (χ0n) is 15.9. The fourth-order valence-corrected chi connectivity index (χ4v) is 4.79. The van der Waals surface area contributed by atoms with E-state index in [2.05, 4.69) is 19.1 Å². The quantitative estimate of drug-likeness (QED) is 0.474. The van der Waals surface area contributed by atoms with Crippen LogP contribution < -0.4 is 0 Å².